The third-order valence-corrected chi connectivity index (χ3v) is 14.7. The average Bonchev–Trinajstić information content (AvgIpc) is 4.09. The van der Waals surface area contributed by atoms with Crippen LogP contribution in [0.25, 0.3) is 132 Å². The van der Waals surface area contributed by atoms with E-state index in [1.807, 2.05) is 35.6 Å². The van der Waals surface area contributed by atoms with Crippen LogP contribution < -0.4 is 0 Å². The summed E-state index contributed by atoms with van der Waals surface area (Å²) >= 11 is 1.85. The van der Waals surface area contributed by atoms with Gasteiger partial charge in [0.2, 0.25) is 0 Å². The minimum atomic E-state index is 0.618. The molecule has 0 spiro atoms. The molecule has 0 aliphatic carbocycles. The summed E-state index contributed by atoms with van der Waals surface area (Å²) in [5.41, 5.74) is 14.3. The maximum Gasteiger partial charge on any atom is 0.166 e. The summed E-state index contributed by atoms with van der Waals surface area (Å²) in [6.45, 7) is 0. The zero-order valence-corrected chi connectivity index (χ0v) is 38.0. The molecule has 0 aliphatic rings. The van der Waals surface area contributed by atoms with E-state index in [-0.39, 0.29) is 0 Å². The molecule has 0 bridgehead atoms. The van der Waals surface area contributed by atoms with Crippen LogP contribution in [0.15, 0.2) is 237 Å². The first-order valence-electron chi connectivity index (χ1n) is 23.3. The summed E-state index contributed by atoms with van der Waals surface area (Å²) in [7, 11) is 0. The van der Waals surface area contributed by atoms with Gasteiger partial charge >= 0.3 is 0 Å². The fourth-order valence-electron chi connectivity index (χ4n) is 10.4. The summed E-state index contributed by atoms with van der Waals surface area (Å²) in [5.74, 6) is 1.87. The number of thiophene rings is 1. The topological polar surface area (TPSA) is 48.5 Å². The van der Waals surface area contributed by atoms with Crippen molar-refractivity contribution in [2.45, 2.75) is 0 Å². The predicted molar refractivity (Wildman–Crippen MR) is 289 cm³/mol. The predicted octanol–water partition coefficient (Wildman–Crippen LogP) is 16.8. The maximum absolute atomic E-state index is 5.34. The molecule has 6 heteroatoms. The Hall–Kier alpha value is -8.97. The highest BCUT2D eigenvalue weighted by molar-refractivity contribution is 7.26. The largest absolute Gasteiger partial charge is 0.309 e. The van der Waals surface area contributed by atoms with Crippen molar-refractivity contribution >= 4 is 75.1 Å². The lowest BCUT2D eigenvalue weighted by molar-refractivity contribution is 1.07. The molecule has 14 aromatic rings. The Morgan fingerprint density at radius 2 is 0.826 bits per heavy atom. The molecule has 322 valence electrons. The maximum atomic E-state index is 5.34. The van der Waals surface area contributed by atoms with E-state index in [1.165, 1.54) is 64.1 Å². The van der Waals surface area contributed by atoms with E-state index in [9.17, 15) is 0 Å². The van der Waals surface area contributed by atoms with Crippen molar-refractivity contribution in [3.63, 3.8) is 0 Å². The second-order valence-electron chi connectivity index (χ2n) is 17.6. The Labute approximate surface area is 401 Å². The molecular weight excluding hydrogens is 859 g/mol. The molecule has 4 heterocycles. The van der Waals surface area contributed by atoms with E-state index >= 15 is 0 Å². The van der Waals surface area contributed by atoms with E-state index in [2.05, 4.69) is 221 Å². The molecule has 14 rings (SSSR count). The lowest BCUT2D eigenvalue weighted by atomic mass is 10.0. The van der Waals surface area contributed by atoms with Crippen molar-refractivity contribution in [2.75, 3.05) is 0 Å². The zero-order valence-electron chi connectivity index (χ0n) is 37.2. The molecule has 4 aromatic heterocycles. The SMILES string of the molecule is c1ccc(-c2ccc(-c3nc(-c4ccccc4)nc(-c4cccc5c6ccc7sc8ccc(-n9c%10ccccc%10c%10cc(-c%11ccccc%11)ccc%109)cc8c7c6n(-c6ccccc6)c45)n3)cc2)cc1. The Kier molecular flexibility index (Phi) is 9.00. The molecule has 0 saturated carbocycles. The fourth-order valence-corrected chi connectivity index (χ4v) is 11.5. The van der Waals surface area contributed by atoms with Crippen LogP contribution in [0.1, 0.15) is 0 Å². The van der Waals surface area contributed by atoms with Gasteiger partial charge in [0.05, 0.1) is 22.1 Å². The molecule has 69 heavy (non-hydrogen) atoms. The fraction of sp³-hybridized carbons (Fsp3) is 0. The molecule has 0 saturated heterocycles. The number of rotatable bonds is 7. The molecular formula is C63H39N5S. The smallest absolute Gasteiger partial charge is 0.166 e. The number of aromatic nitrogens is 5. The molecule has 0 amide bonds. The van der Waals surface area contributed by atoms with Gasteiger partial charge in [0.15, 0.2) is 17.5 Å². The van der Waals surface area contributed by atoms with Crippen molar-refractivity contribution in [3.8, 4) is 67.8 Å². The molecule has 0 unspecified atom stereocenters. The minimum absolute atomic E-state index is 0.618. The Balaban J connectivity index is 1.01. The summed E-state index contributed by atoms with van der Waals surface area (Å²) in [5, 5.41) is 7.23. The van der Waals surface area contributed by atoms with Crippen molar-refractivity contribution in [3.05, 3.63) is 237 Å². The molecule has 10 aromatic carbocycles. The number of benzene rings is 10. The van der Waals surface area contributed by atoms with Gasteiger partial charge in [-0.15, -0.1) is 11.3 Å². The van der Waals surface area contributed by atoms with Crippen LogP contribution >= 0.6 is 11.3 Å². The number of hydrogen-bond acceptors (Lipinski definition) is 4. The van der Waals surface area contributed by atoms with Crippen LogP contribution in [-0.2, 0) is 0 Å². The molecule has 0 fully saturated rings. The average molecular weight is 898 g/mol. The van der Waals surface area contributed by atoms with Crippen molar-refractivity contribution in [2.24, 2.45) is 0 Å². The van der Waals surface area contributed by atoms with E-state index in [4.69, 9.17) is 15.0 Å². The second kappa shape index (κ2) is 15.8. The highest BCUT2D eigenvalue weighted by atomic mass is 32.1. The summed E-state index contributed by atoms with van der Waals surface area (Å²) in [4.78, 5) is 15.8. The Morgan fingerprint density at radius 1 is 0.290 bits per heavy atom. The van der Waals surface area contributed by atoms with Gasteiger partial charge in [0, 0.05) is 69.8 Å². The number of para-hydroxylation sites is 3. The quantitative estimate of drug-likeness (QED) is 0.160. The van der Waals surface area contributed by atoms with Gasteiger partial charge in [-0.3, -0.25) is 0 Å². The summed E-state index contributed by atoms with van der Waals surface area (Å²) < 4.78 is 7.36. The Morgan fingerprint density at radius 3 is 1.57 bits per heavy atom. The van der Waals surface area contributed by atoms with Crippen LogP contribution in [0, 0.1) is 0 Å². The zero-order chi connectivity index (χ0) is 45.4. The molecule has 0 radical (unpaired) electrons. The van der Waals surface area contributed by atoms with Gasteiger partial charge in [0.25, 0.3) is 0 Å². The van der Waals surface area contributed by atoms with Gasteiger partial charge in [-0.05, 0) is 82.9 Å². The van der Waals surface area contributed by atoms with Crippen molar-refractivity contribution < 1.29 is 0 Å². The number of fused-ring (bicyclic) bond motifs is 10. The number of hydrogen-bond donors (Lipinski definition) is 0. The van der Waals surface area contributed by atoms with Gasteiger partial charge < -0.3 is 9.13 Å². The van der Waals surface area contributed by atoms with Crippen LogP contribution in [0.5, 0.6) is 0 Å². The molecule has 0 N–H and O–H groups in total. The highest BCUT2D eigenvalue weighted by Gasteiger charge is 2.24. The molecule has 0 atom stereocenters. The van der Waals surface area contributed by atoms with Gasteiger partial charge in [0.1, 0.15) is 0 Å². The van der Waals surface area contributed by atoms with E-state index < -0.39 is 0 Å². The van der Waals surface area contributed by atoms with Crippen LogP contribution in [0.3, 0.4) is 0 Å². The Bertz CT molecular complexity index is 4270. The normalized spacial score (nSPS) is 11.8. The lowest BCUT2D eigenvalue weighted by Crippen LogP contribution is -2.02. The van der Waals surface area contributed by atoms with Crippen molar-refractivity contribution in [1.29, 1.82) is 0 Å². The first kappa shape index (κ1) is 39.2. The van der Waals surface area contributed by atoms with E-state index in [0.717, 1.165) is 50.0 Å². The third-order valence-electron chi connectivity index (χ3n) is 13.6. The monoisotopic (exact) mass is 897 g/mol. The van der Waals surface area contributed by atoms with Gasteiger partial charge in [-0.1, -0.05) is 176 Å². The van der Waals surface area contributed by atoms with Crippen LogP contribution in [0.4, 0.5) is 0 Å². The lowest BCUT2D eigenvalue weighted by Gasteiger charge is -2.13. The number of nitrogens with zero attached hydrogens (tertiary/aromatic N) is 5. The standard InChI is InChI=1S/C63H39N5S/c1-5-16-40(17-6-1)42-28-30-44(31-29-42)62-64-61(43-20-9-3-10-21-43)65-63(66-62)51-26-15-25-49-50-34-37-57-58(60(50)68(59(49)51)46-22-11-4-12-23-46)53-39-47(33-36-56(53)69-57)67-54-27-14-13-24-48(54)52-38-45(32-35-55(52)67)41-18-7-2-8-19-41/h1-39H. The highest BCUT2D eigenvalue weighted by Crippen LogP contribution is 2.46. The first-order valence-corrected chi connectivity index (χ1v) is 24.1. The third kappa shape index (κ3) is 6.41. The minimum Gasteiger partial charge on any atom is -0.309 e. The summed E-state index contributed by atoms with van der Waals surface area (Å²) in [6, 6.07) is 84.5. The molecule has 5 nitrogen and oxygen atoms in total. The van der Waals surface area contributed by atoms with Crippen LogP contribution in [0.2, 0.25) is 0 Å². The second-order valence-corrected chi connectivity index (χ2v) is 18.6. The molecule has 0 aliphatic heterocycles. The van der Waals surface area contributed by atoms with E-state index in [1.54, 1.807) is 0 Å². The van der Waals surface area contributed by atoms with Crippen LogP contribution in [-0.4, -0.2) is 24.1 Å². The van der Waals surface area contributed by atoms with E-state index in [0.29, 0.717) is 17.5 Å². The van der Waals surface area contributed by atoms with Crippen molar-refractivity contribution in [1.82, 2.24) is 24.1 Å². The summed E-state index contributed by atoms with van der Waals surface area (Å²) in [6.07, 6.45) is 0. The first-order chi connectivity index (χ1) is 34.2. The van der Waals surface area contributed by atoms with Gasteiger partial charge in [-0.2, -0.15) is 0 Å². The van der Waals surface area contributed by atoms with Gasteiger partial charge in [-0.25, -0.2) is 15.0 Å².